The number of nitrogens with zero attached hydrogens (tertiary/aromatic N) is 4. The summed E-state index contributed by atoms with van der Waals surface area (Å²) in [5.41, 5.74) is 1.73. The Labute approximate surface area is 116 Å². The summed E-state index contributed by atoms with van der Waals surface area (Å²) < 4.78 is 6.03. The molecule has 0 spiro atoms. The van der Waals surface area contributed by atoms with E-state index in [1.807, 2.05) is 12.1 Å². The molecule has 0 aliphatic heterocycles. The van der Waals surface area contributed by atoms with Gasteiger partial charge in [-0.15, -0.1) is 0 Å². The lowest BCUT2D eigenvalue weighted by atomic mass is 10.3. The summed E-state index contributed by atoms with van der Waals surface area (Å²) in [6.45, 7) is 0. The lowest BCUT2D eigenvalue weighted by Gasteiger charge is -1.92. The van der Waals surface area contributed by atoms with E-state index in [9.17, 15) is 0 Å². The van der Waals surface area contributed by atoms with Crippen LogP contribution in [0.5, 0.6) is 0 Å². The van der Waals surface area contributed by atoms with Gasteiger partial charge in [-0.1, -0.05) is 5.16 Å². The van der Waals surface area contributed by atoms with E-state index in [-0.39, 0.29) is 0 Å². The van der Waals surface area contributed by atoms with Crippen molar-refractivity contribution in [1.29, 1.82) is 5.26 Å². The maximum absolute atomic E-state index is 8.74. The molecule has 0 saturated carbocycles. The molecule has 0 amide bonds. The maximum Gasteiger partial charge on any atom is 0.259 e. The van der Waals surface area contributed by atoms with Crippen LogP contribution in [-0.2, 0) is 0 Å². The third kappa shape index (κ3) is 2.26. The molecule has 0 bridgehead atoms. The van der Waals surface area contributed by atoms with Crippen molar-refractivity contribution >= 4 is 15.9 Å². The van der Waals surface area contributed by atoms with Crippen LogP contribution in [0.3, 0.4) is 0 Å². The molecule has 3 aromatic rings. The van der Waals surface area contributed by atoms with Crippen LogP contribution in [0.2, 0.25) is 0 Å². The summed E-state index contributed by atoms with van der Waals surface area (Å²) in [7, 11) is 0. The lowest BCUT2D eigenvalue weighted by Crippen LogP contribution is -1.84. The Bertz CT molecular complexity index is 753. The fourth-order valence-electron chi connectivity index (χ4n) is 1.54. The third-order valence-corrected chi connectivity index (χ3v) is 2.90. The fourth-order valence-corrected chi connectivity index (χ4v) is 1.77. The van der Waals surface area contributed by atoms with E-state index in [1.165, 1.54) is 0 Å². The molecule has 3 rings (SSSR count). The van der Waals surface area contributed by atoms with Crippen LogP contribution < -0.4 is 0 Å². The van der Waals surface area contributed by atoms with E-state index in [4.69, 9.17) is 9.78 Å². The van der Waals surface area contributed by atoms with Crippen molar-refractivity contribution in [2.24, 2.45) is 0 Å². The number of nitrogens with one attached hydrogen (secondary N) is 1. The summed E-state index contributed by atoms with van der Waals surface area (Å²) in [5.74, 6) is 0.750. The second kappa shape index (κ2) is 4.66. The maximum atomic E-state index is 8.74. The Morgan fingerprint density at radius 2 is 2.26 bits per heavy atom. The van der Waals surface area contributed by atoms with Crippen LogP contribution in [0.25, 0.3) is 23.0 Å². The molecule has 0 saturated heterocycles. The number of hydrogen-bond acceptors (Lipinski definition) is 5. The van der Waals surface area contributed by atoms with E-state index >= 15 is 0 Å². The molecule has 19 heavy (non-hydrogen) atoms. The minimum atomic E-state index is 0.345. The number of H-pyrrole nitrogens is 1. The Morgan fingerprint density at radius 1 is 1.37 bits per heavy atom. The highest BCUT2D eigenvalue weighted by Crippen LogP contribution is 2.22. The highest BCUT2D eigenvalue weighted by molar-refractivity contribution is 9.10. The van der Waals surface area contributed by atoms with E-state index in [0.717, 1.165) is 4.47 Å². The van der Waals surface area contributed by atoms with E-state index < -0.39 is 0 Å². The molecule has 0 aromatic carbocycles. The molecular formula is C12H6BrN5O. The highest BCUT2D eigenvalue weighted by Gasteiger charge is 2.12. The topological polar surface area (TPSA) is 91.4 Å². The number of hydrogen-bond donors (Lipinski definition) is 1. The van der Waals surface area contributed by atoms with Crippen LogP contribution in [0, 0.1) is 11.3 Å². The lowest BCUT2D eigenvalue weighted by molar-refractivity contribution is 0.432. The first-order valence-corrected chi connectivity index (χ1v) is 6.10. The molecule has 0 aliphatic rings. The Morgan fingerprint density at radius 3 is 2.95 bits per heavy atom. The van der Waals surface area contributed by atoms with Gasteiger partial charge in [-0.25, -0.2) is 0 Å². The smallest absolute Gasteiger partial charge is 0.259 e. The largest absolute Gasteiger partial charge is 0.352 e. The Balaban J connectivity index is 1.95. The van der Waals surface area contributed by atoms with Crippen LogP contribution in [0.15, 0.2) is 39.6 Å². The average molecular weight is 316 g/mol. The third-order valence-electron chi connectivity index (χ3n) is 2.43. The van der Waals surface area contributed by atoms with Crippen LogP contribution in [0.1, 0.15) is 5.69 Å². The van der Waals surface area contributed by atoms with E-state index in [1.54, 1.807) is 24.5 Å². The zero-order valence-electron chi connectivity index (χ0n) is 9.46. The predicted octanol–water partition coefficient (Wildman–Crippen LogP) is 2.76. The fraction of sp³-hybridized carbons (Fsp3) is 0. The van der Waals surface area contributed by atoms with Crippen molar-refractivity contribution in [2.45, 2.75) is 0 Å². The minimum Gasteiger partial charge on any atom is -0.352 e. The van der Waals surface area contributed by atoms with E-state index in [0.29, 0.717) is 28.7 Å². The number of nitriles is 1. The summed E-state index contributed by atoms with van der Waals surface area (Å²) in [4.78, 5) is 11.2. The molecule has 0 radical (unpaired) electrons. The highest BCUT2D eigenvalue weighted by atomic mass is 79.9. The van der Waals surface area contributed by atoms with Crippen molar-refractivity contribution in [3.8, 4) is 29.0 Å². The van der Waals surface area contributed by atoms with Gasteiger partial charge in [0, 0.05) is 16.9 Å². The number of aromatic amines is 1. The first-order valence-electron chi connectivity index (χ1n) is 5.31. The second-order valence-electron chi connectivity index (χ2n) is 3.70. The van der Waals surface area contributed by atoms with Gasteiger partial charge in [-0.05, 0) is 34.1 Å². The predicted molar refractivity (Wildman–Crippen MR) is 69.7 cm³/mol. The number of rotatable bonds is 2. The van der Waals surface area contributed by atoms with Gasteiger partial charge in [0.15, 0.2) is 0 Å². The molecule has 3 heterocycles. The van der Waals surface area contributed by atoms with Gasteiger partial charge < -0.3 is 9.51 Å². The molecule has 3 aromatic heterocycles. The first kappa shape index (κ1) is 11.6. The van der Waals surface area contributed by atoms with Gasteiger partial charge in [-0.2, -0.15) is 10.2 Å². The standard InChI is InChI=1S/C12H6BrN5O/c13-8-1-2-10(16-6-8)11-17-12(19-18-11)7-3-9(4-14)15-5-7/h1-3,5-6,15H. The van der Waals surface area contributed by atoms with Crippen LogP contribution in [-0.4, -0.2) is 20.1 Å². The summed E-state index contributed by atoms with van der Waals surface area (Å²) in [6.07, 6.45) is 3.31. The number of aromatic nitrogens is 4. The second-order valence-corrected chi connectivity index (χ2v) is 4.61. The monoisotopic (exact) mass is 315 g/mol. The quantitative estimate of drug-likeness (QED) is 0.785. The van der Waals surface area contributed by atoms with Crippen LogP contribution in [0.4, 0.5) is 0 Å². The van der Waals surface area contributed by atoms with Gasteiger partial charge in [0.05, 0.1) is 5.56 Å². The Kier molecular flexibility index (Phi) is 2.85. The number of pyridine rings is 1. The van der Waals surface area contributed by atoms with Gasteiger partial charge in [0.25, 0.3) is 5.89 Å². The minimum absolute atomic E-state index is 0.345. The summed E-state index contributed by atoms with van der Waals surface area (Å²) >= 11 is 3.31. The van der Waals surface area contributed by atoms with Crippen molar-refractivity contribution in [3.05, 3.63) is 40.8 Å². The average Bonchev–Trinajstić information content (AvgIpc) is 3.08. The molecule has 0 aliphatic carbocycles. The normalized spacial score (nSPS) is 10.3. The zero-order chi connectivity index (χ0) is 13.2. The van der Waals surface area contributed by atoms with Gasteiger partial charge in [-0.3, -0.25) is 4.98 Å². The molecule has 7 heteroatoms. The summed E-state index contributed by atoms with van der Waals surface area (Å²) in [5, 5.41) is 12.6. The molecule has 6 nitrogen and oxygen atoms in total. The molecule has 0 unspecified atom stereocenters. The van der Waals surface area contributed by atoms with E-state index in [2.05, 4.69) is 36.0 Å². The van der Waals surface area contributed by atoms with Gasteiger partial charge in [0.2, 0.25) is 5.82 Å². The molecule has 0 atom stereocenters. The Hall–Kier alpha value is -2.46. The zero-order valence-corrected chi connectivity index (χ0v) is 11.0. The molecule has 1 N–H and O–H groups in total. The number of halogens is 1. The van der Waals surface area contributed by atoms with Gasteiger partial charge >= 0.3 is 0 Å². The molecule has 92 valence electrons. The van der Waals surface area contributed by atoms with Crippen molar-refractivity contribution < 1.29 is 4.52 Å². The van der Waals surface area contributed by atoms with Gasteiger partial charge in [0.1, 0.15) is 17.5 Å². The molecular weight excluding hydrogens is 310 g/mol. The SMILES string of the molecule is N#Cc1cc(-c2nc(-c3ccc(Br)cn3)no2)c[nH]1. The first-order chi connectivity index (χ1) is 9.26. The van der Waals surface area contributed by atoms with Crippen molar-refractivity contribution in [1.82, 2.24) is 20.1 Å². The summed E-state index contributed by atoms with van der Waals surface area (Å²) in [6, 6.07) is 7.28. The molecule has 0 fully saturated rings. The van der Waals surface area contributed by atoms with Crippen molar-refractivity contribution in [2.75, 3.05) is 0 Å². The van der Waals surface area contributed by atoms with Crippen LogP contribution >= 0.6 is 15.9 Å². The van der Waals surface area contributed by atoms with Crippen molar-refractivity contribution in [3.63, 3.8) is 0 Å².